The molecule has 27 heavy (non-hydrogen) atoms. The number of nitrogens with zero attached hydrogens (tertiary/aromatic N) is 4. The summed E-state index contributed by atoms with van der Waals surface area (Å²) in [6, 6.07) is 0.715. The molecule has 8 heteroatoms. The first kappa shape index (κ1) is 22.4. The summed E-state index contributed by atoms with van der Waals surface area (Å²) in [6.45, 7) is 3.68. The van der Waals surface area contributed by atoms with Crippen LogP contribution >= 0.6 is 24.0 Å². The van der Waals surface area contributed by atoms with Crippen molar-refractivity contribution in [3.05, 3.63) is 18.0 Å². The summed E-state index contributed by atoms with van der Waals surface area (Å²) in [5.41, 5.74) is 1.54. The van der Waals surface area contributed by atoms with Crippen molar-refractivity contribution in [3.8, 4) is 0 Å². The molecule has 1 spiro atoms. The van der Waals surface area contributed by atoms with Crippen LogP contribution in [0.15, 0.2) is 17.4 Å². The third-order valence-corrected chi connectivity index (χ3v) is 6.17. The Hall–Kier alpha value is -0.870. The van der Waals surface area contributed by atoms with Crippen LogP contribution in [0.2, 0.25) is 0 Å². The zero-order valence-electron chi connectivity index (χ0n) is 17.2. The highest BCUT2D eigenvalue weighted by Gasteiger charge is 2.59. The van der Waals surface area contributed by atoms with Gasteiger partial charge in [-0.25, -0.2) is 0 Å². The fourth-order valence-corrected chi connectivity index (χ4v) is 4.40. The lowest BCUT2D eigenvalue weighted by atomic mass is 9.51. The van der Waals surface area contributed by atoms with Gasteiger partial charge in [0.15, 0.2) is 5.96 Å². The van der Waals surface area contributed by atoms with E-state index in [1.807, 2.05) is 25.0 Å². The molecular weight excluding hydrogens is 455 g/mol. The number of aromatic nitrogens is 2. The summed E-state index contributed by atoms with van der Waals surface area (Å²) in [6.07, 6.45) is 9.35. The van der Waals surface area contributed by atoms with Crippen molar-refractivity contribution in [2.45, 2.75) is 50.8 Å². The molecule has 2 fully saturated rings. The smallest absolute Gasteiger partial charge is 0.191 e. The number of rotatable bonds is 7. The molecule has 3 unspecified atom stereocenters. The first-order chi connectivity index (χ1) is 12.5. The standard InChI is InChI=1S/C19H34N6O.HI/c1-6-26-17-10-16(19(17)8-7-9-19)23-18(20-2)21-12-15(24(3)4)14-11-22-25(5)13-14;/h11,13,15-17H,6-10,12H2,1-5H3,(H2,20,21,23);1H. The van der Waals surface area contributed by atoms with Crippen LogP contribution in [0.3, 0.4) is 0 Å². The molecule has 154 valence electrons. The lowest BCUT2D eigenvalue weighted by Gasteiger charge is -2.61. The number of halogens is 1. The molecule has 1 aromatic heterocycles. The molecule has 0 amide bonds. The minimum atomic E-state index is 0. The predicted octanol–water partition coefficient (Wildman–Crippen LogP) is 2.15. The lowest BCUT2D eigenvalue weighted by Crippen LogP contribution is -2.68. The maximum Gasteiger partial charge on any atom is 0.191 e. The van der Waals surface area contributed by atoms with Crippen molar-refractivity contribution in [3.63, 3.8) is 0 Å². The number of aryl methyl sites for hydroxylation is 1. The van der Waals surface area contributed by atoms with Crippen LogP contribution in [0.4, 0.5) is 0 Å². The molecule has 3 atom stereocenters. The number of hydrogen-bond acceptors (Lipinski definition) is 4. The van der Waals surface area contributed by atoms with Crippen LogP contribution in [0.1, 0.15) is 44.2 Å². The second kappa shape index (κ2) is 9.56. The summed E-state index contributed by atoms with van der Waals surface area (Å²) < 4.78 is 7.80. The van der Waals surface area contributed by atoms with Gasteiger partial charge in [-0.05, 0) is 40.3 Å². The van der Waals surface area contributed by atoms with Crippen LogP contribution in [-0.2, 0) is 11.8 Å². The van der Waals surface area contributed by atoms with Gasteiger partial charge in [-0.2, -0.15) is 5.10 Å². The van der Waals surface area contributed by atoms with Crippen molar-refractivity contribution in [2.24, 2.45) is 17.5 Å². The molecule has 2 saturated carbocycles. The van der Waals surface area contributed by atoms with Gasteiger partial charge >= 0.3 is 0 Å². The first-order valence-corrected chi connectivity index (χ1v) is 9.74. The van der Waals surface area contributed by atoms with E-state index in [9.17, 15) is 0 Å². The van der Waals surface area contributed by atoms with Gasteiger partial charge < -0.3 is 20.3 Å². The molecule has 3 rings (SSSR count). The highest BCUT2D eigenvalue weighted by molar-refractivity contribution is 14.0. The van der Waals surface area contributed by atoms with E-state index in [2.05, 4.69) is 52.8 Å². The van der Waals surface area contributed by atoms with E-state index in [4.69, 9.17) is 4.74 Å². The Morgan fingerprint density at radius 2 is 2.22 bits per heavy atom. The molecule has 2 aliphatic carbocycles. The van der Waals surface area contributed by atoms with Gasteiger partial charge in [-0.1, -0.05) is 6.42 Å². The third-order valence-electron chi connectivity index (χ3n) is 6.17. The maximum atomic E-state index is 5.95. The summed E-state index contributed by atoms with van der Waals surface area (Å²) in [5.74, 6) is 0.881. The quantitative estimate of drug-likeness (QED) is 0.349. The maximum absolute atomic E-state index is 5.95. The lowest BCUT2D eigenvalue weighted by molar-refractivity contribution is -0.168. The Balaban J connectivity index is 0.00000261. The first-order valence-electron chi connectivity index (χ1n) is 9.74. The number of nitrogens with one attached hydrogen (secondary N) is 2. The van der Waals surface area contributed by atoms with Gasteiger partial charge in [0.1, 0.15) is 0 Å². The predicted molar refractivity (Wildman–Crippen MR) is 120 cm³/mol. The van der Waals surface area contributed by atoms with Crippen molar-refractivity contribution in [1.82, 2.24) is 25.3 Å². The van der Waals surface area contributed by atoms with Crippen LogP contribution in [-0.4, -0.2) is 67.1 Å². The average Bonchev–Trinajstić information content (AvgIpc) is 2.96. The fraction of sp³-hybridized carbons (Fsp3) is 0.789. The molecule has 0 radical (unpaired) electrons. The monoisotopic (exact) mass is 490 g/mol. The zero-order valence-corrected chi connectivity index (χ0v) is 19.6. The molecule has 0 bridgehead atoms. The summed E-state index contributed by atoms with van der Waals surface area (Å²) in [5, 5.41) is 11.5. The molecule has 0 aromatic carbocycles. The molecule has 2 aliphatic rings. The van der Waals surface area contributed by atoms with Crippen molar-refractivity contribution in [2.75, 3.05) is 34.3 Å². The molecule has 1 heterocycles. The third kappa shape index (κ3) is 4.59. The number of likely N-dealkylation sites (N-methyl/N-ethyl adjacent to an activating group) is 1. The summed E-state index contributed by atoms with van der Waals surface area (Å²) >= 11 is 0. The van der Waals surface area contributed by atoms with Gasteiger partial charge in [-0.3, -0.25) is 9.67 Å². The normalized spacial score (nSPS) is 24.7. The van der Waals surface area contributed by atoms with Crippen LogP contribution in [0, 0.1) is 5.41 Å². The Morgan fingerprint density at radius 1 is 1.48 bits per heavy atom. The largest absolute Gasteiger partial charge is 0.378 e. The minimum absolute atomic E-state index is 0. The summed E-state index contributed by atoms with van der Waals surface area (Å²) in [4.78, 5) is 6.66. The van der Waals surface area contributed by atoms with E-state index in [1.165, 1.54) is 24.8 Å². The fourth-order valence-electron chi connectivity index (χ4n) is 4.40. The molecule has 7 nitrogen and oxygen atoms in total. The molecule has 2 N–H and O–H groups in total. The van der Waals surface area contributed by atoms with E-state index in [1.54, 1.807) is 0 Å². The van der Waals surface area contributed by atoms with Gasteiger partial charge in [0, 0.05) is 50.5 Å². The number of hydrogen-bond donors (Lipinski definition) is 2. The number of aliphatic imine (C=N–C) groups is 1. The van der Waals surface area contributed by atoms with Crippen molar-refractivity contribution < 1.29 is 4.74 Å². The number of ether oxygens (including phenoxy) is 1. The van der Waals surface area contributed by atoms with Crippen molar-refractivity contribution >= 4 is 29.9 Å². The minimum Gasteiger partial charge on any atom is -0.378 e. The van der Waals surface area contributed by atoms with Gasteiger partial charge in [0.25, 0.3) is 0 Å². The second-order valence-corrected chi connectivity index (χ2v) is 7.84. The average molecular weight is 490 g/mol. The van der Waals surface area contributed by atoms with Crippen LogP contribution < -0.4 is 10.6 Å². The van der Waals surface area contributed by atoms with Crippen LogP contribution in [0.5, 0.6) is 0 Å². The Bertz CT molecular complexity index is 627. The van der Waals surface area contributed by atoms with E-state index in [-0.39, 0.29) is 30.0 Å². The number of guanidine groups is 1. The van der Waals surface area contributed by atoms with E-state index < -0.39 is 0 Å². The topological polar surface area (TPSA) is 66.7 Å². The van der Waals surface area contributed by atoms with Gasteiger partial charge in [-0.15, -0.1) is 24.0 Å². The van der Waals surface area contributed by atoms with Gasteiger partial charge in [0.2, 0.25) is 0 Å². The Labute approximate surface area is 180 Å². The highest BCUT2D eigenvalue weighted by Crippen LogP contribution is 2.57. The molecule has 1 aromatic rings. The van der Waals surface area contributed by atoms with E-state index in [0.717, 1.165) is 25.5 Å². The molecular formula is C19H35IN6O. The Kier molecular flexibility index (Phi) is 7.94. The van der Waals surface area contributed by atoms with E-state index >= 15 is 0 Å². The highest BCUT2D eigenvalue weighted by atomic mass is 127. The van der Waals surface area contributed by atoms with Gasteiger partial charge in [0.05, 0.1) is 18.3 Å². The summed E-state index contributed by atoms with van der Waals surface area (Å²) in [7, 11) is 7.98. The zero-order chi connectivity index (χ0) is 18.7. The molecule has 0 saturated heterocycles. The second-order valence-electron chi connectivity index (χ2n) is 7.84. The van der Waals surface area contributed by atoms with Crippen LogP contribution in [0.25, 0.3) is 0 Å². The Morgan fingerprint density at radius 3 is 2.70 bits per heavy atom. The van der Waals surface area contributed by atoms with E-state index in [0.29, 0.717) is 17.6 Å². The molecule has 0 aliphatic heterocycles. The SMILES string of the molecule is CCOC1CC(NC(=NC)NCC(c2cnn(C)c2)N(C)C)C12CCC2.I. The van der Waals surface area contributed by atoms with Crippen molar-refractivity contribution in [1.29, 1.82) is 0 Å².